The van der Waals surface area contributed by atoms with E-state index in [1.54, 1.807) is 6.20 Å². The van der Waals surface area contributed by atoms with E-state index in [0.717, 1.165) is 37.2 Å². The van der Waals surface area contributed by atoms with Gasteiger partial charge in [0.1, 0.15) is 0 Å². The van der Waals surface area contributed by atoms with E-state index in [4.69, 9.17) is 4.74 Å². The molecule has 0 saturated carbocycles. The van der Waals surface area contributed by atoms with Crippen molar-refractivity contribution in [1.29, 1.82) is 0 Å². The summed E-state index contributed by atoms with van der Waals surface area (Å²) >= 11 is 1.99. The normalized spacial score (nSPS) is 22.6. The molecule has 0 N–H and O–H groups in total. The van der Waals surface area contributed by atoms with Gasteiger partial charge in [0.15, 0.2) is 0 Å². The Morgan fingerprint density at radius 3 is 3.04 bits per heavy atom. The number of nitrogens with zero attached hydrogens (tertiary/aromatic N) is 2. The van der Waals surface area contributed by atoms with Crippen molar-refractivity contribution in [2.75, 3.05) is 18.8 Å². The molecule has 4 nitrogen and oxygen atoms in total. The zero-order valence-corrected chi connectivity index (χ0v) is 14.8. The second-order valence-corrected chi connectivity index (χ2v) is 8.66. The molecule has 126 valence electrons. The van der Waals surface area contributed by atoms with Gasteiger partial charge in [0.2, 0.25) is 5.91 Å². The maximum absolute atomic E-state index is 12.1. The molecule has 23 heavy (non-hydrogen) atoms. The van der Waals surface area contributed by atoms with Crippen LogP contribution in [0.5, 0.6) is 0 Å². The number of hydrogen-bond donors (Lipinski definition) is 0. The molecular weight excluding hydrogens is 308 g/mol. The Balaban J connectivity index is 1.40. The summed E-state index contributed by atoms with van der Waals surface area (Å²) in [6, 6.07) is 3.99. The van der Waals surface area contributed by atoms with Crippen molar-refractivity contribution in [2.24, 2.45) is 5.92 Å². The van der Waals surface area contributed by atoms with Gasteiger partial charge in [-0.05, 0) is 30.4 Å². The van der Waals surface area contributed by atoms with E-state index in [-0.39, 0.29) is 4.75 Å². The summed E-state index contributed by atoms with van der Waals surface area (Å²) in [6.07, 6.45) is 6.69. The number of rotatable bonds is 6. The average Bonchev–Trinajstić information content (AvgIpc) is 2.95. The van der Waals surface area contributed by atoms with Gasteiger partial charge in [-0.25, -0.2) is 0 Å². The molecule has 0 bridgehead atoms. The molecule has 0 radical (unpaired) electrons. The summed E-state index contributed by atoms with van der Waals surface area (Å²) in [6.45, 7) is 6.78. The first kappa shape index (κ1) is 16.8. The first-order valence-corrected chi connectivity index (χ1v) is 9.47. The molecule has 3 heterocycles. The predicted octanol–water partition coefficient (Wildman–Crippen LogP) is 3.12. The smallest absolute Gasteiger partial charge is 0.222 e. The number of likely N-dealkylation sites (tertiary alicyclic amines) is 1. The fourth-order valence-corrected chi connectivity index (χ4v) is 4.77. The molecule has 3 rings (SSSR count). The third kappa shape index (κ3) is 4.27. The quantitative estimate of drug-likeness (QED) is 0.802. The Morgan fingerprint density at radius 1 is 1.52 bits per heavy atom. The molecule has 1 spiro atoms. The van der Waals surface area contributed by atoms with Crippen LogP contribution in [0.4, 0.5) is 0 Å². The van der Waals surface area contributed by atoms with Gasteiger partial charge >= 0.3 is 0 Å². The van der Waals surface area contributed by atoms with Crippen molar-refractivity contribution in [3.05, 3.63) is 30.1 Å². The minimum absolute atomic E-state index is 0.257. The molecule has 0 aliphatic carbocycles. The third-order valence-electron chi connectivity index (χ3n) is 4.63. The van der Waals surface area contributed by atoms with Crippen LogP contribution in [0.3, 0.4) is 0 Å². The topological polar surface area (TPSA) is 42.4 Å². The van der Waals surface area contributed by atoms with Crippen molar-refractivity contribution in [3.63, 3.8) is 0 Å². The zero-order chi connectivity index (χ0) is 16.3. The van der Waals surface area contributed by atoms with Gasteiger partial charge in [0, 0.05) is 37.7 Å². The molecule has 1 amide bonds. The number of pyridine rings is 1. The monoisotopic (exact) mass is 334 g/mol. The van der Waals surface area contributed by atoms with Crippen LogP contribution in [0.25, 0.3) is 0 Å². The van der Waals surface area contributed by atoms with Crippen molar-refractivity contribution < 1.29 is 9.53 Å². The van der Waals surface area contributed by atoms with Gasteiger partial charge in [0.25, 0.3) is 0 Å². The molecule has 5 heteroatoms. The van der Waals surface area contributed by atoms with E-state index < -0.39 is 0 Å². The molecule has 0 unspecified atom stereocenters. The fourth-order valence-electron chi connectivity index (χ4n) is 3.22. The maximum Gasteiger partial charge on any atom is 0.222 e. The molecule has 2 fully saturated rings. The SMILES string of the molecule is CC(C)CCC(=O)N1CC2(C[C@H](OCc3cccnc3)CS2)C1. The number of aromatic nitrogens is 1. The summed E-state index contributed by atoms with van der Waals surface area (Å²) in [5.41, 5.74) is 1.12. The van der Waals surface area contributed by atoms with Crippen LogP contribution < -0.4 is 0 Å². The standard InChI is InChI=1S/C18H26N2O2S/c1-14(2)5-6-17(21)20-12-18(13-20)8-16(11-23-18)22-10-15-4-3-7-19-9-15/h3-4,7,9,14,16H,5-6,8,10-13H2,1-2H3/t16-/m0/s1. The zero-order valence-electron chi connectivity index (χ0n) is 14.0. The second kappa shape index (κ2) is 7.22. The molecule has 1 aromatic rings. The molecule has 1 atom stereocenters. The second-order valence-electron chi connectivity index (χ2n) is 7.17. The van der Waals surface area contributed by atoms with Gasteiger partial charge in [0.05, 0.1) is 17.5 Å². The summed E-state index contributed by atoms with van der Waals surface area (Å²) in [4.78, 5) is 18.3. The van der Waals surface area contributed by atoms with Crippen LogP contribution in [-0.2, 0) is 16.1 Å². The van der Waals surface area contributed by atoms with Gasteiger partial charge in [-0.2, -0.15) is 0 Å². The molecule has 1 aromatic heterocycles. The van der Waals surface area contributed by atoms with E-state index >= 15 is 0 Å². The van der Waals surface area contributed by atoms with E-state index in [1.807, 2.05) is 35.0 Å². The molecule has 0 aromatic carbocycles. The van der Waals surface area contributed by atoms with Crippen LogP contribution in [0.2, 0.25) is 0 Å². The molecule has 2 aliphatic rings. The third-order valence-corrected chi connectivity index (χ3v) is 6.21. The van der Waals surface area contributed by atoms with Crippen LogP contribution in [0.1, 0.15) is 38.7 Å². The van der Waals surface area contributed by atoms with Crippen LogP contribution >= 0.6 is 11.8 Å². The molecule has 2 aliphatic heterocycles. The van der Waals surface area contributed by atoms with Gasteiger partial charge in [-0.15, -0.1) is 11.8 Å². The Kier molecular flexibility index (Phi) is 5.27. The molecule has 2 saturated heterocycles. The van der Waals surface area contributed by atoms with Crippen LogP contribution in [0, 0.1) is 5.92 Å². The number of carbonyl (C=O) groups excluding carboxylic acids is 1. The Labute approximate surface area is 143 Å². The van der Waals surface area contributed by atoms with Crippen LogP contribution in [0.15, 0.2) is 24.5 Å². The lowest BCUT2D eigenvalue weighted by molar-refractivity contribution is -0.137. The van der Waals surface area contributed by atoms with E-state index in [0.29, 0.717) is 31.0 Å². The summed E-state index contributed by atoms with van der Waals surface area (Å²) in [7, 11) is 0. The minimum atomic E-state index is 0.257. The lowest BCUT2D eigenvalue weighted by Crippen LogP contribution is -2.60. The highest BCUT2D eigenvalue weighted by atomic mass is 32.2. The largest absolute Gasteiger partial charge is 0.373 e. The van der Waals surface area contributed by atoms with Gasteiger partial charge in [-0.3, -0.25) is 9.78 Å². The lowest BCUT2D eigenvalue weighted by atomic mass is 9.92. The van der Waals surface area contributed by atoms with Crippen molar-refractivity contribution in [2.45, 2.75) is 50.6 Å². The van der Waals surface area contributed by atoms with Gasteiger partial charge in [-0.1, -0.05) is 19.9 Å². The van der Waals surface area contributed by atoms with Crippen LogP contribution in [-0.4, -0.2) is 45.5 Å². The highest BCUT2D eigenvalue weighted by molar-refractivity contribution is 8.01. The first-order valence-electron chi connectivity index (χ1n) is 8.48. The lowest BCUT2D eigenvalue weighted by Gasteiger charge is -2.47. The minimum Gasteiger partial charge on any atom is -0.373 e. The van der Waals surface area contributed by atoms with Crippen molar-refractivity contribution >= 4 is 17.7 Å². The number of ether oxygens (including phenoxy) is 1. The Bertz CT molecular complexity index is 529. The number of amides is 1. The van der Waals surface area contributed by atoms with E-state index in [2.05, 4.69) is 18.8 Å². The van der Waals surface area contributed by atoms with Crippen molar-refractivity contribution in [1.82, 2.24) is 9.88 Å². The van der Waals surface area contributed by atoms with E-state index in [9.17, 15) is 4.79 Å². The highest BCUT2D eigenvalue weighted by Crippen LogP contribution is 2.46. The fraction of sp³-hybridized carbons (Fsp3) is 0.667. The number of hydrogen-bond acceptors (Lipinski definition) is 4. The first-order chi connectivity index (χ1) is 11.1. The Morgan fingerprint density at radius 2 is 2.35 bits per heavy atom. The Hall–Kier alpha value is -1.07. The number of thioether (sulfide) groups is 1. The average molecular weight is 334 g/mol. The number of carbonyl (C=O) groups is 1. The maximum atomic E-state index is 12.1. The highest BCUT2D eigenvalue weighted by Gasteiger charge is 2.50. The summed E-state index contributed by atoms with van der Waals surface area (Å²) in [5, 5.41) is 0. The summed E-state index contributed by atoms with van der Waals surface area (Å²) < 4.78 is 6.29. The van der Waals surface area contributed by atoms with Gasteiger partial charge < -0.3 is 9.64 Å². The van der Waals surface area contributed by atoms with Crippen molar-refractivity contribution in [3.8, 4) is 0 Å². The molecular formula is C18H26N2O2S. The van der Waals surface area contributed by atoms with E-state index in [1.165, 1.54) is 0 Å². The predicted molar refractivity (Wildman–Crippen MR) is 93.3 cm³/mol. The summed E-state index contributed by atoms with van der Waals surface area (Å²) in [5.74, 6) is 1.96.